The first-order valence-corrected chi connectivity index (χ1v) is 11.9. The van der Waals surface area contributed by atoms with E-state index in [1.807, 2.05) is 0 Å². The van der Waals surface area contributed by atoms with E-state index >= 15 is 0 Å². The van der Waals surface area contributed by atoms with Crippen molar-refractivity contribution in [2.75, 3.05) is 11.9 Å². The Morgan fingerprint density at radius 2 is 2.03 bits per heavy atom. The molecule has 0 bridgehead atoms. The number of aliphatic hydroxyl groups is 2. The van der Waals surface area contributed by atoms with Crippen LogP contribution in [0.5, 0.6) is 11.5 Å². The number of carbonyl (C=O) groups is 1. The lowest BCUT2D eigenvalue weighted by molar-refractivity contribution is -0.120. The Morgan fingerprint density at radius 1 is 1.26 bits per heavy atom. The number of halogens is 1. The Morgan fingerprint density at radius 3 is 2.74 bits per heavy atom. The maximum Gasteiger partial charge on any atom is 0.271 e. The van der Waals surface area contributed by atoms with Crippen molar-refractivity contribution in [3.05, 3.63) is 64.2 Å². The van der Waals surface area contributed by atoms with Crippen molar-refractivity contribution in [3.63, 3.8) is 0 Å². The lowest BCUT2D eigenvalue weighted by Gasteiger charge is -2.21. The molecule has 0 saturated heterocycles. The van der Waals surface area contributed by atoms with Gasteiger partial charge in [-0.2, -0.15) is 10.2 Å². The molecule has 11 heteroatoms. The Hall–Kier alpha value is -3.21. The van der Waals surface area contributed by atoms with Crippen molar-refractivity contribution >= 4 is 23.3 Å². The largest absolute Gasteiger partial charge is 0.454 e. The maximum absolute atomic E-state index is 13.3. The number of nitrogens with zero attached hydrogens (tertiary/aromatic N) is 4. The summed E-state index contributed by atoms with van der Waals surface area (Å²) in [6, 6.07) is 8.95. The van der Waals surface area contributed by atoms with Crippen molar-refractivity contribution in [1.29, 1.82) is 0 Å². The van der Waals surface area contributed by atoms with E-state index in [4.69, 9.17) is 21.4 Å². The number of para-hydroxylation sites is 1. The van der Waals surface area contributed by atoms with Crippen LogP contribution in [0.1, 0.15) is 38.1 Å². The van der Waals surface area contributed by atoms with Gasteiger partial charge in [0.1, 0.15) is 11.8 Å². The van der Waals surface area contributed by atoms with E-state index in [-0.39, 0.29) is 18.1 Å². The van der Waals surface area contributed by atoms with Crippen LogP contribution in [0, 0.1) is 5.92 Å². The number of nitrogens with one attached hydrogen (secondary N) is 1. The van der Waals surface area contributed by atoms with Gasteiger partial charge in [-0.3, -0.25) is 14.3 Å². The van der Waals surface area contributed by atoms with E-state index < -0.39 is 30.2 Å². The fraction of sp³-hybridized carbons (Fsp3) is 0.417. The van der Waals surface area contributed by atoms with E-state index in [2.05, 4.69) is 15.5 Å². The molecule has 2 aromatic heterocycles. The summed E-state index contributed by atoms with van der Waals surface area (Å²) < 4.78 is 8.30. The number of hydrogen-bond acceptors (Lipinski definition) is 7. The number of carbonyl (C=O) groups excluding carboxylic acids is 1. The van der Waals surface area contributed by atoms with E-state index in [9.17, 15) is 14.7 Å². The molecule has 186 valence electrons. The van der Waals surface area contributed by atoms with Crippen LogP contribution >= 0.6 is 11.6 Å². The third kappa shape index (κ3) is 6.47. The summed E-state index contributed by atoms with van der Waals surface area (Å²) in [4.78, 5) is 26.2. The summed E-state index contributed by atoms with van der Waals surface area (Å²) in [7, 11) is 0. The molecular weight excluding hydrogens is 474 g/mol. The standard InChI is InChI=1S/C24H28ClN5O5/c25-19-7-3-4-8-21(19)35-18-12-23(33)30(26-13-18)20(11-16-5-1-2-6-16)24(34)27-22-9-10-29(28-22)14-17(32)15-31/h3-4,7-10,12-13,16-17,20,31-32H,1-2,5-6,11,14-15H2,(H,27,28,34)/t17-,20?/m1/s1. The second-order valence-electron chi connectivity index (χ2n) is 8.66. The highest BCUT2D eigenvalue weighted by atomic mass is 35.5. The summed E-state index contributed by atoms with van der Waals surface area (Å²) in [5.41, 5.74) is -0.468. The topological polar surface area (TPSA) is 132 Å². The monoisotopic (exact) mass is 501 g/mol. The van der Waals surface area contributed by atoms with Crippen LogP contribution in [-0.2, 0) is 11.3 Å². The number of aliphatic hydroxyl groups excluding tert-OH is 2. The lowest BCUT2D eigenvalue weighted by atomic mass is 9.98. The van der Waals surface area contributed by atoms with Crippen molar-refractivity contribution < 1.29 is 19.7 Å². The van der Waals surface area contributed by atoms with Crippen LogP contribution in [0.25, 0.3) is 0 Å². The predicted molar refractivity (Wildman–Crippen MR) is 130 cm³/mol. The molecule has 0 radical (unpaired) electrons. The number of aromatic nitrogens is 4. The van der Waals surface area contributed by atoms with Gasteiger partial charge in [-0.15, -0.1) is 0 Å². The number of benzene rings is 1. The highest BCUT2D eigenvalue weighted by molar-refractivity contribution is 6.32. The fourth-order valence-electron chi connectivity index (χ4n) is 4.24. The summed E-state index contributed by atoms with van der Waals surface area (Å²) in [5.74, 6) is 0.814. The molecule has 1 amide bonds. The predicted octanol–water partition coefficient (Wildman–Crippen LogP) is 3.00. The minimum absolute atomic E-state index is 0.0891. The molecule has 1 unspecified atom stereocenters. The average Bonchev–Trinajstić information content (AvgIpc) is 3.51. The highest BCUT2D eigenvalue weighted by Crippen LogP contribution is 2.32. The first-order chi connectivity index (χ1) is 16.9. The van der Waals surface area contributed by atoms with Gasteiger partial charge < -0.3 is 20.3 Å². The molecule has 1 saturated carbocycles. The number of rotatable bonds is 10. The molecule has 3 N–H and O–H groups in total. The van der Waals surface area contributed by atoms with Gasteiger partial charge in [0.2, 0.25) is 0 Å². The van der Waals surface area contributed by atoms with Gasteiger partial charge in [-0.05, 0) is 24.5 Å². The number of ether oxygens (including phenoxy) is 1. The highest BCUT2D eigenvalue weighted by Gasteiger charge is 2.29. The molecule has 1 aliphatic carbocycles. The van der Waals surface area contributed by atoms with Gasteiger partial charge in [-0.25, -0.2) is 4.68 Å². The third-order valence-corrected chi connectivity index (χ3v) is 6.31. The van der Waals surface area contributed by atoms with Crippen molar-refractivity contribution in [1.82, 2.24) is 19.6 Å². The first kappa shape index (κ1) is 24.9. The van der Waals surface area contributed by atoms with E-state index in [0.717, 1.165) is 25.7 Å². The Bertz CT molecular complexity index is 1210. The lowest BCUT2D eigenvalue weighted by Crippen LogP contribution is -2.36. The van der Waals surface area contributed by atoms with Gasteiger partial charge in [0, 0.05) is 18.3 Å². The summed E-state index contributed by atoms with van der Waals surface area (Å²) in [6.45, 7) is -0.304. The zero-order valence-corrected chi connectivity index (χ0v) is 19.8. The van der Waals surface area contributed by atoms with Gasteiger partial charge in [-0.1, -0.05) is 49.4 Å². The zero-order chi connectivity index (χ0) is 24.8. The van der Waals surface area contributed by atoms with Gasteiger partial charge >= 0.3 is 0 Å². The molecule has 1 fully saturated rings. The summed E-state index contributed by atoms with van der Waals surface area (Å²) in [5, 5.41) is 30.2. The molecule has 1 aliphatic rings. The van der Waals surface area contributed by atoms with Gasteiger partial charge in [0.15, 0.2) is 11.6 Å². The van der Waals surface area contributed by atoms with Crippen LogP contribution in [0.4, 0.5) is 5.82 Å². The SMILES string of the molecule is O=C(Nc1ccn(C[C@@H](O)CO)n1)C(CC1CCCC1)n1ncc(Oc2ccccc2Cl)cc1=O. The quantitative estimate of drug-likeness (QED) is 0.389. The van der Waals surface area contributed by atoms with Crippen molar-refractivity contribution in [2.24, 2.45) is 5.92 Å². The normalized spacial score (nSPS) is 15.6. The zero-order valence-electron chi connectivity index (χ0n) is 19.1. The minimum atomic E-state index is -0.956. The number of hydrogen-bond donors (Lipinski definition) is 3. The first-order valence-electron chi connectivity index (χ1n) is 11.6. The van der Waals surface area contributed by atoms with Crippen LogP contribution in [-0.4, -0.2) is 48.4 Å². The Labute approximate surface area is 207 Å². The number of anilines is 1. The third-order valence-electron chi connectivity index (χ3n) is 6.00. The van der Waals surface area contributed by atoms with E-state index in [1.165, 1.54) is 21.6 Å². The molecule has 1 aromatic carbocycles. The van der Waals surface area contributed by atoms with Crippen LogP contribution in [0.2, 0.25) is 5.02 Å². The van der Waals surface area contributed by atoms with Crippen molar-refractivity contribution in [2.45, 2.75) is 50.8 Å². The summed E-state index contributed by atoms with van der Waals surface area (Å²) >= 11 is 6.13. The van der Waals surface area contributed by atoms with E-state index in [0.29, 0.717) is 23.1 Å². The van der Waals surface area contributed by atoms with E-state index in [1.54, 1.807) is 36.5 Å². The molecule has 0 aliphatic heterocycles. The second-order valence-corrected chi connectivity index (χ2v) is 9.06. The molecule has 4 rings (SSSR count). The maximum atomic E-state index is 13.3. The smallest absolute Gasteiger partial charge is 0.271 e. The summed E-state index contributed by atoms with van der Waals surface area (Å²) in [6.07, 6.45) is 6.71. The Balaban J connectivity index is 1.53. The van der Waals surface area contributed by atoms with Crippen LogP contribution in [0.15, 0.2) is 53.6 Å². The van der Waals surface area contributed by atoms with Gasteiger partial charge in [0.05, 0.1) is 30.5 Å². The fourth-order valence-corrected chi connectivity index (χ4v) is 4.41. The minimum Gasteiger partial charge on any atom is -0.454 e. The molecule has 2 atom stereocenters. The number of amides is 1. The molecule has 3 aromatic rings. The van der Waals surface area contributed by atoms with Crippen molar-refractivity contribution in [3.8, 4) is 11.5 Å². The molecular formula is C24H28ClN5O5. The molecule has 2 heterocycles. The average molecular weight is 502 g/mol. The Kier molecular flexibility index (Phi) is 8.17. The second kappa shape index (κ2) is 11.5. The van der Waals surface area contributed by atoms with Crippen LogP contribution < -0.4 is 15.6 Å². The molecule has 10 nitrogen and oxygen atoms in total. The molecule has 35 heavy (non-hydrogen) atoms. The molecule has 0 spiro atoms. The van der Waals surface area contributed by atoms with Crippen LogP contribution in [0.3, 0.4) is 0 Å². The van der Waals surface area contributed by atoms with Gasteiger partial charge in [0.25, 0.3) is 11.5 Å².